The van der Waals surface area contributed by atoms with E-state index in [0.717, 1.165) is 15.6 Å². The van der Waals surface area contributed by atoms with Gasteiger partial charge in [-0.1, -0.05) is 11.6 Å². The van der Waals surface area contributed by atoms with Crippen molar-refractivity contribution in [2.24, 2.45) is 0 Å². The molecule has 0 N–H and O–H groups in total. The number of ether oxygens (including phenoxy) is 1. The second-order valence-electron chi connectivity index (χ2n) is 4.93. The molecule has 0 spiro atoms. The monoisotopic (exact) mass is 311 g/mol. The van der Waals surface area contributed by atoms with Crippen LogP contribution in [0.2, 0.25) is 0 Å². The number of hydrogen-bond donors (Lipinski definition) is 0. The molecular formula is C14H18BrNO2. The maximum absolute atomic E-state index is 12.6. The van der Waals surface area contributed by atoms with Crippen molar-refractivity contribution in [1.82, 2.24) is 4.90 Å². The standard InChI is InChI=1S/C14H18BrNO2/c1-9-4-5-13(15)12(6-9)14(17)16-7-11(3)18-8-10(16)2/h4-6,10-11H,7-8H2,1-3H3. The molecule has 1 aliphatic heterocycles. The van der Waals surface area contributed by atoms with E-state index in [-0.39, 0.29) is 18.1 Å². The summed E-state index contributed by atoms with van der Waals surface area (Å²) >= 11 is 3.45. The molecule has 0 saturated carbocycles. The summed E-state index contributed by atoms with van der Waals surface area (Å²) in [5.41, 5.74) is 1.83. The van der Waals surface area contributed by atoms with Gasteiger partial charge >= 0.3 is 0 Å². The summed E-state index contributed by atoms with van der Waals surface area (Å²) < 4.78 is 6.41. The van der Waals surface area contributed by atoms with Crippen LogP contribution >= 0.6 is 15.9 Å². The summed E-state index contributed by atoms with van der Waals surface area (Å²) in [7, 11) is 0. The van der Waals surface area contributed by atoms with E-state index >= 15 is 0 Å². The molecule has 1 aliphatic rings. The molecule has 0 bridgehead atoms. The largest absolute Gasteiger partial charge is 0.375 e. The highest BCUT2D eigenvalue weighted by atomic mass is 79.9. The third-order valence-corrected chi connectivity index (χ3v) is 3.91. The molecule has 0 radical (unpaired) electrons. The number of halogens is 1. The molecule has 2 unspecified atom stereocenters. The Hall–Kier alpha value is -0.870. The van der Waals surface area contributed by atoms with Crippen molar-refractivity contribution in [2.75, 3.05) is 13.2 Å². The van der Waals surface area contributed by atoms with Crippen molar-refractivity contribution in [3.63, 3.8) is 0 Å². The van der Waals surface area contributed by atoms with E-state index in [4.69, 9.17) is 4.74 Å². The Morgan fingerprint density at radius 2 is 2.17 bits per heavy atom. The number of morpholine rings is 1. The molecule has 0 aliphatic carbocycles. The molecule has 98 valence electrons. The maximum atomic E-state index is 12.6. The Bertz CT molecular complexity index is 461. The fourth-order valence-corrected chi connectivity index (χ4v) is 2.56. The highest BCUT2D eigenvalue weighted by Crippen LogP contribution is 2.22. The Morgan fingerprint density at radius 3 is 2.89 bits per heavy atom. The zero-order valence-corrected chi connectivity index (χ0v) is 12.5. The van der Waals surface area contributed by atoms with E-state index in [1.54, 1.807) is 0 Å². The zero-order valence-electron chi connectivity index (χ0n) is 10.9. The van der Waals surface area contributed by atoms with E-state index in [9.17, 15) is 4.79 Å². The van der Waals surface area contributed by atoms with E-state index in [0.29, 0.717) is 13.2 Å². The van der Waals surface area contributed by atoms with E-state index in [1.807, 2.05) is 43.9 Å². The zero-order chi connectivity index (χ0) is 13.3. The molecule has 1 aromatic rings. The number of benzene rings is 1. The molecule has 1 heterocycles. The lowest BCUT2D eigenvalue weighted by Crippen LogP contribution is -2.50. The van der Waals surface area contributed by atoms with Crippen LogP contribution in [0.3, 0.4) is 0 Å². The number of hydrogen-bond acceptors (Lipinski definition) is 2. The first-order valence-corrected chi connectivity index (χ1v) is 6.97. The number of carbonyl (C=O) groups excluding carboxylic acids is 1. The normalized spacial score (nSPS) is 24.1. The summed E-state index contributed by atoms with van der Waals surface area (Å²) in [4.78, 5) is 14.5. The fraction of sp³-hybridized carbons (Fsp3) is 0.500. The molecule has 0 aromatic heterocycles. The van der Waals surface area contributed by atoms with Gasteiger partial charge in [0.2, 0.25) is 0 Å². The van der Waals surface area contributed by atoms with Crippen LogP contribution in [0.1, 0.15) is 29.8 Å². The molecule has 4 heteroatoms. The van der Waals surface area contributed by atoms with Crippen molar-refractivity contribution in [3.8, 4) is 0 Å². The smallest absolute Gasteiger partial charge is 0.255 e. The third kappa shape index (κ3) is 2.75. The number of rotatable bonds is 1. The summed E-state index contributed by atoms with van der Waals surface area (Å²) in [6, 6.07) is 5.98. The Labute approximate surface area is 116 Å². The first kappa shape index (κ1) is 13.6. The van der Waals surface area contributed by atoms with Crippen molar-refractivity contribution >= 4 is 21.8 Å². The minimum Gasteiger partial charge on any atom is -0.375 e. The summed E-state index contributed by atoms with van der Waals surface area (Å²) in [6.07, 6.45) is 0.105. The molecular weight excluding hydrogens is 294 g/mol. The highest BCUT2D eigenvalue weighted by molar-refractivity contribution is 9.10. The van der Waals surface area contributed by atoms with Gasteiger partial charge in [-0.05, 0) is 48.8 Å². The predicted octanol–water partition coefficient (Wildman–Crippen LogP) is 3.01. The molecule has 2 atom stereocenters. The van der Waals surface area contributed by atoms with E-state index < -0.39 is 0 Å². The first-order valence-electron chi connectivity index (χ1n) is 6.17. The molecule has 2 rings (SSSR count). The third-order valence-electron chi connectivity index (χ3n) is 3.22. The van der Waals surface area contributed by atoms with Crippen molar-refractivity contribution in [1.29, 1.82) is 0 Å². The summed E-state index contributed by atoms with van der Waals surface area (Å²) in [6.45, 7) is 7.27. The maximum Gasteiger partial charge on any atom is 0.255 e. The van der Waals surface area contributed by atoms with Gasteiger partial charge in [0.05, 0.1) is 24.3 Å². The van der Waals surface area contributed by atoms with Gasteiger partial charge in [0.15, 0.2) is 0 Å². The summed E-state index contributed by atoms with van der Waals surface area (Å²) in [5.74, 6) is 0.0771. The second kappa shape index (κ2) is 5.41. The second-order valence-corrected chi connectivity index (χ2v) is 5.79. The number of aryl methyl sites for hydroxylation is 1. The van der Waals surface area contributed by atoms with Crippen LogP contribution in [-0.4, -0.2) is 36.1 Å². The lowest BCUT2D eigenvalue weighted by atomic mass is 10.1. The number of carbonyl (C=O) groups is 1. The average Bonchev–Trinajstić information content (AvgIpc) is 2.34. The van der Waals surface area contributed by atoms with Crippen LogP contribution in [-0.2, 0) is 4.74 Å². The van der Waals surface area contributed by atoms with Crippen molar-refractivity contribution in [2.45, 2.75) is 32.9 Å². The van der Waals surface area contributed by atoms with Crippen LogP contribution in [0.15, 0.2) is 22.7 Å². The minimum absolute atomic E-state index is 0.0771. The van der Waals surface area contributed by atoms with E-state index in [2.05, 4.69) is 15.9 Å². The number of nitrogens with zero attached hydrogens (tertiary/aromatic N) is 1. The number of amides is 1. The van der Waals surface area contributed by atoms with Crippen LogP contribution in [0.5, 0.6) is 0 Å². The quantitative estimate of drug-likeness (QED) is 0.798. The molecule has 3 nitrogen and oxygen atoms in total. The van der Waals surface area contributed by atoms with Gasteiger partial charge in [0, 0.05) is 11.0 Å². The Kier molecular flexibility index (Phi) is 4.07. The topological polar surface area (TPSA) is 29.5 Å². The Balaban J connectivity index is 2.27. The minimum atomic E-state index is 0.0771. The van der Waals surface area contributed by atoms with Crippen LogP contribution < -0.4 is 0 Å². The van der Waals surface area contributed by atoms with Crippen LogP contribution in [0.25, 0.3) is 0 Å². The molecule has 1 saturated heterocycles. The lowest BCUT2D eigenvalue weighted by molar-refractivity contribution is -0.0387. The van der Waals surface area contributed by atoms with Gasteiger partial charge in [-0.25, -0.2) is 0 Å². The Morgan fingerprint density at radius 1 is 1.44 bits per heavy atom. The van der Waals surface area contributed by atoms with Gasteiger partial charge in [0.25, 0.3) is 5.91 Å². The van der Waals surface area contributed by atoms with Gasteiger partial charge in [0.1, 0.15) is 0 Å². The molecule has 1 aromatic carbocycles. The van der Waals surface area contributed by atoms with Gasteiger partial charge in [-0.2, -0.15) is 0 Å². The van der Waals surface area contributed by atoms with Crippen LogP contribution in [0.4, 0.5) is 0 Å². The summed E-state index contributed by atoms with van der Waals surface area (Å²) in [5, 5.41) is 0. The SMILES string of the molecule is Cc1ccc(Br)c(C(=O)N2CC(C)OCC2C)c1. The van der Waals surface area contributed by atoms with E-state index in [1.165, 1.54) is 0 Å². The van der Waals surface area contributed by atoms with Gasteiger partial charge in [-0.15, -0.1) is 0 Å². The molecule has 1 fully saturated rings. The van der Waals surface area contributed by atoms with Crippen molar-refractivity contribution in [3.05, 3.63) is 33.8 Å². The van der Waals surface area contributed by atoms with Gasteiger partial charge in [-0.3, -0.25) is 4.79 Å². The average molecular weight is 312 g/mol. The molecule has 18 heavy (non-hydrogen) atoms. The first-order chi connectivity index (χ1) is 8.49. The van der Waals surface area contributed by atoms with Crippen LogP contribution in [0, 0.1) is 6.92 Å². The highest BCUT2D eigenvalue weighted by Gasteiger charge is 2.29. The van der Waals surface area contributed by atoms with Gasteiger partial charge < -0.3 is 9.64 Å². The lowest BCUT2D eigenvalue weighted by Gasteiger charge is -2.37. The van der Waals surface area contributed by atoms with Crippen molar-refractivity contribution < 1.29 is 9.53 Å². The fourth-order valence-electron chi connectivity index (χ4n) is 2.14. The molecule has 1 amide bonds. The predicted molar refractivity (Wildman–Crippen MR) is 74.8 cm³/mol.